The van der Waals surface area contributed by atoms with Gasteiger partial charge in [-0.25, -0.2) is 0 Å². The van der Waals surface area contributed by atoms with Gasteiger partial charge in [0, 0.05) is 21.1 Å². The molecule has 0 bridgehead atoms. The number of carbonyl (C=O) groups excluding carboxylic acids is 2. The first-order chi connectivity index (χ1) is 9.02. The highest BCUT2D eigenvalue weighted by atomic mass is 16.5. The zero-order chi connectivity index (χ0) is 14.0. The van der Waals surface area contributed by atoms with Gasteiger partial charge in [-0.2, -0.15) is 0 Å². The number of morpholine rings is 1. The van der Waals surface area contributed by atoms with E-state index in [2.05, 4.69) is 0 Å². The SMILES string of the molecule is CN(C)C(=O)[C@@H]1OCC(=O)N(C)[C@@H]1c1ccccc1. The van der Waals surface area contributed by atoms with Gasteiger partial charge in [0.15, 0.2) is 6.10 Å². The number of ether oxygens (including phenoxy) is 1. The molecule has 102 valence electrons. The van der Waals surface area contributed by atoms with E-state index in [4.69, 9.17) is 4.74 Å². The lowest BCUT2D eigenvalue weighted by atomic mass is 9.97. The Morgan fingerprint density at radius 3 is 2.53 bits per heavy atom. The van der Waals surface area contributed by atoms with Crippen molar-refractivity contribution in [3.8, 4) is 0 Å². The van der Waals surface area contributed by atoms with Crippen LogP contribution < -0.4 is 0 Å². The van der Waals surface area contributed by atoms with Gasteiger partial charge in [-0.05, 0) is 5.56 Å². The maximum absolute atomic E-state index is 12.2. The number of likely N-dealkylation sites (N-methyl/N-ethyl adjacent to an activating group) is 2. The maximum atomic E-state index is 12.2. The van der Waals surface area contributed by atoms with Gasteiger partial charge in [0.1, 0.15) is 6.61 Å². The summed E-state index contributed by atoms with van der Waals surface area (Å²) < 4.78 is 5.47. The Balaban J connectivity index is 2.36. The minimum atomic E-state index is -0.653. The molecule has 1 heterocycles. The molecule has 1 fully saturated rings. The third kappa shape index (κ3) is 2.61. The molecule has 2 rings (SSSR count). The summed E-state index contributed by atoms with van der Waals surface area (Å²) in [5.41, 5.74) is 0.901. The van der Waals surface area contributed by atoms with Crippen LogP contribution in [0.5, 0.6) is 0 Å². The van der Waals surface area contributed by atoms with E-state index >= 15 is 0 Å². The van der Waals surface area contributed by atoms with Crippen molar-refractivity contribution in [1.29, 1.82) is 0 Å². The van der Waals surface area contributed by atoms with E-state index in [9.17, 15) is 9.59 Å². The number of amides is 2. The Morgan fingerprint density at radius 2 is 1.95 bits per heavy atom. The second kappa shape index (κ2) is 5.40. The zero-order valence-electron chi connectivity index (χ0n) is 11.4. The Labute approximate surface area is 112 Å². The average Bonchev–Trinajstić information content (AvgIpc) is 2.41. The quantitative estimate of drug-likeness (QED) is 0.787. The number of carbonyl (C=O) groups is 2. The molecular formula is C14H18N2O3. The molecule has 1 aromatic rings. The molecule has 5 heteroatoms. The van der Waals surface area contributed by atoms with Gasteiger partial charge in [0.05, 0.1) is 6.04 Å². The predicted molar refractivity (Wildman–Crippen MR) is 70.4 cm³/mol. The molecule has 19 heavy (non-hydrogen) atoms. The average molecular weight is 262 g/mol. The molecule has 0 aromatic heterocycles. The number of nitrogens with zero attached hydrogens (tertiary/aromatic N) is 2. The van der Waals surface area contributed by atoms with Crippen LogP contribution in [0.15, 0.2) is 30.3 Å². The molecule has 0 aliphatic carbocycles. The fourth-order valence-electron chi connectivity index (χ4n) is 2.22. The van der Waals surface area contributed by atoms with E-state index in [1.54, 1.807) is 26.0 Å². The molecule has 1 saturated heterocycles. The summed E-state index contributed by atoms with van der Waals surface area (Å²) in [6, 6.07) is 9.10. The van der Waals surface area contributed by atoms with Crippen molar-refractivity contribution in [2.24, 2.45) is 0 Å². The highest BCUT2D eigenvalue weighted by molar-refractivity contribution is 5.86. The summed E-state index contributed by atoms with van der Waals surface area (Å²) in [6.45, 7) is -0.0515. The fourth-order valence-corrected chi connectivity index (χ4v) is 2.22. The predicted octanol–water partition coefficient (Wildman–Crippen LogP) is 0.673. The molecule has 2 atom stereocenters. The first-order valence-electron chi connectivity index (χ1n) is 6.15. The van der Waals surface area contributed by atoms with Crippen molar-refractivity contribution in [2.75, 3.05) is 27.7 Å². The smallest absolute Gasteiger partial charge is 0.253 e. The van der Waals surface area contributed by atoms with Crippen LogP contribution in [0.1, 0.15) is 11.6 Å². The molecule has 1 aliphatic heterocycles. The highest BCUT2D eigenvalue weighted by Crippen LogP contribution is 2.29. The van der Waals surface area contributed by atoms with Crippen LogP contribution >= 0.6 is 0 Å². The van der Waals surface area contributed by atoms with Gasteiger partial charge >= 0.3 is 0 Å². The second-order valence-electron chi connectivity index (χ2n) is 4.82. The van der Waals surface area contributed by atoms with E-state index in [1.807, 2.05) is 30.3 Å². The van der Waals surface area contributed by atoms with Crippen LogP contribution in [0.25, 0.3) is 0 Å². The van der Waals surface area contributed by atoms with Gasteiger partial charge in [-0.15, -0.1) is 0 Å². The lowest BCUT2D eigenvalue weighted by molar-refractivity contribution is -0.166. The lowest BCUT2D eigenvalue weighted by Gasteiger charge is -2.39. The summed E-state index contributed by atoms with van der Waals surface area (Å²) in [7, 11) is 5.08. The summed E-state index contributed by atoms with van der Waals surface area (Å²) >= 11 is 0. The van der Waals surface area contributed by atoms with Crippen molar-refractivity contribution in [3.05, 3.63) is 35.9 Å². The van der Waals surface area contributed by atoms with E-state index in [0.29, 0.717) is 0 Å². The van der Waals surface area contributed by atoms with Gasteiger partial charge in [-0.1, -0.05) is 30.3 Å². The van der Waals surface area contributed by atoms with Gasteiger partial charge < -0.3 is 14.5 Å². The van der Waals surface area contributed by atoms with E-state index in [0.717, 1.165) is 5.56 Å². The van der Waals surface area contributed by atoms with E-state index in [-0.39, 0.29) is 24.5 Å². The van der Waals surface area contributed by atoms with Gasteiger partial charge in [0.25, 0.3) is 5.91 Å². The van der Waals surface area contributed by atoms with Crippen LogP contribution in [0.3, 0.4) is 0 Å². The summed E-state index contributed by atoms with van der Waals surface area (Å²) in [4.78, 5) is 27.1. The Bertz CT molecular complexity index is 473. The van der Waals surface area contributed by atoms with Crippen molar-refractivity contribution >= 4 is 11.8 Å². The molecule has 0 spiro atoms. The molecule has 2 amide bonds. The molecular weight excluding hydrogens is 244 g/mol. The Morgan fingerprint density at radius 1 is 1.32 bits per heavy atom. The third-order valence-corrected chi connectivity index (χ3v) is 3.31. The largest absolute Gasteiger partial charge is 0.356 e. The van der Waals surface area contributed by atoms with E-state index < -0.39 is 6.10 Å². The molecule has 5 nitrogen and oxygen atoms in total. The zero-order valence-corrected chi connectivity index (χ0v) is 11.4. The second-order valence-corrected chi connectivity index (χ2v) is 4.82. The van der Waals surface area contributed by atoms with Crippen molar-refractivity contribution in [2.45, 2.75) is 12.1 Å². The first-order valence-corrected chi connectivity index (χ1v) is 6.15. The van der Waals surface area contributed by atoms with Crippen LogP contribution in [0, 0.1) is 0 Å². The minimum absolute atomic E-state index is 0.0515. The Hall–Kier alpha value is -1.88. The van der Waals surface area contributed by atoms with Crippen LogP contribution in [-0.2, 0) is 14.3 Å². The van der Waals surface area contributed by atoms with Gasteiger partial charge in [-0.3, -0.25) is 9.59 Å². The molecule has 0 N–H and O–H groups in total. The molecule has 1 aliphatic rings. The van der Waals surface area contributed by atoms with Gasteiger partial charge in [0.2, 0.25) is 5.91 Å². The molecule has 0 saturated carbocycles. The topological polar surface area (TPSA) is 49.9 Å². The molecule has 1 aromatic carbocycles. The molecule has 0 unspecified atom stereocenters. The Kier molecular flexibility index (Phi) is 3.85. The summed E-state index contributed by atoms with van der Waals surface area (Å²) in [5.74, 6) is -0.245. The highest BCUT2D eigenvalue weighted by Gasteiger charge is 2.40. The number of benzene rings is 1. The maximum Gasteiger partial charge on any atom is 0.253 e. The monoisotopic (exact) mass is 262 g/mol. The third-order valence-electron chi connectivity index (χ3n) is 3.31. The van der Waals surface area contributed by atoms with Crippen LogP contribution in [0.2, 0.25) is 0 Å². The van der Waals surface area contributed by atoms with Crippen molar-refractivity contribution in [1.82, 2.24) is 9.80 Å². The normalized spacial score (nSPS) is 23.3. The fraction of sp³-hybridized carbons (Fsp3) is 0.429. The van der Waals surface area contributed by atoms with Crippen LogP contribution in [0.4, 0.5) is 0 Å². The molecule has 0 radical (unpaired) electrons. The number of hydrogen-bond acceptors (Lipinski definition) is 3. The number of rotatable bonds is 2. The minimum Gasteiger partial charge on any atom is -0.356 e. The number of hydrogen-bond donors (Lipinski definition) is 0. The summed E-state index contributed by atoms with van der Waals surface area (Å²) in [5, 5.41) is 0. The summed E-state index contributed by atoms with van der Waals surface area (Å²) in [6.07, 6.45) is -0.653. The lowest BCUT2D eigenvalue weighted by Crippen LogP contribution is -2.52. The van der Waals surface area contributed by atoms with Crippen molar-refractivity contribution in [3.63, 3.8) is 0 Å². The first kappa shape index (κ1) is 13.5. The standard InChI is InChI=1S/C14H18N2O3/c1-15(2)14(18)13-12(10-7-5-4-6-8-10)16(3)11(17)9-19-13/h4-8,12-13H,9H2,1-3H3/t12-,13-/m1/s1. The van der Waals surface area contributed by atoms with E-state index in [1.165, 1.54) is 4.90 Å². The van der Waals surface area contributed by atoms with Crippen molar-refractivity contribution < 1.29 is 14.3 Å². The van der Waals surface area contributed by atoms with Crippen LogP contribution in [-0.4, -0.2) is 55.5 Å².